The second-order valence-corrected chi connectivity index (χ2v) is 6.61. The molecule has 0 saturated carbocycles. The number of carbonyl (C=O) groups excluding carboxylic acids is 1. The number of nitrogens with zero attached hydrogens (tertiary/aromatic N) is 3. The summed E-state index contributed by atoms with van der Waals surface area (Å²) in [6.07, 6.45) is 0. The van der Waals surface area contributed by atoms with Crippen LogP contribution < -0.4 is 10.6 Å². The normalized spacial score (nSPS) is 10.3. The van der Waals surface area contributed by atoms with E-state index in [-0.39, 0.29) is 12.5 Å². The Morgan fingerprint density at radius 1 is 1.11 bits per heavy atom. The second kappa shape index (κ2) is 8.87. The number of rotatable bonds is 7. The Morgan fingerprint density at radius 3 is 2.50 bits per heavy atom. The van der Waals surface area contributed by atoms with Gasteiger partial charge in [-0.1, -0.05) is 30.3 Å². The molecule has 2 N–H and O–H groups in total. The van der Waals surface area contributed by atoms with Gasteiger partial charge in [-0.05, 0) is 43.7 Å². The SMILES string of the molecule is Cc1nn(Cc2ccccc2)c(C)c1CNC(=O)CNc1ccc(C#N)cc1. The predicted molar refractivity (Wildman–Crippen MR) is 109 cm³/mol. The number of aryl methyl sites for hydroxylation is 1. The fourth-order valence-electron chi connectivity index (χ4n) is 2.99. The number of hydrogen-bond acceptors (Lipinski definition) is 4. The van der Waals surface area contributed by atoms with Crippen molar-refractivity contribution in [2.24, 2.45) is 0 Å². The third kappa shape index (κ3) is 4.77. The highest BCUT2D eigenvalue weighted by Crippen LogP contribution is 2.15. The minimum absolute atomic E-state index is 0.0982. The molecule has 0 aliphatic carbocycles. The Bertz CT molecular complexity index is 984. The maximum Gasteiger partial charge on any atom is 0.239 e. The maximum absolute atomic E-state index is 12.2. The minimum atomic E-state index is -0.0982. The zero-order chi connectivity index (χ0) is 19.9. The van der Waals surface area contributed by atoms with Gasteiger partial charge in [0.05, 0.1) is 30.4 Å². The zero-order valence-electron chi connectivity index (χ0n) is 16.1. The van der Waals surface area contributed by atoms with Gasteiger partial charge in [0, 0.05) is 23.5 Å². The van der Waals surface area contributed by atoms with E-state index in [9.17, 15) is 4.79 Å². The topological polar surface area (TPSA) is 82.7 Å². The van der Waals surface area contributed by atoms with Crippen LogP contribution in [-0.4, -0.2) is 22.2 Å². The van der Waals surface area contributed by atoms with E-state index >= 15 is 0 Å². The van der Waals surface area contributed by atoms with Crippen LogP contribution in [0, 0.1) is 25.2 Å². The van der Waals surface area contributed by atoms with E-state index in [0.29, 0.717) is 18.7 Å². The van der Waals surface area contributed by atoms with Gasteiger partial charge in [-0.25, -0.2) is 0 Å². The fraction of sp³-hybridized carbons (Fsp3) is 0.227. The fourth-order valence-corrected chi connectivity index (χ4v) is 2.99. The van der Waals surface area contributed by atoms with Crippen molar-refractivity contribution in [3.8, 4) is 6.07 Å². The molecule has 1 amide bonds. The average molecular weight is 373 g/mol. The summed E-state index contributed by atoms with van der Waals surface area (Å²) in [5.74, 6) is -0.0982. The average Bonchev–Trinajstić information content (AvgIpc) is 2.98. The molecule has 28 heavy (non-hydrogen) atoms. The lowest BCUT2D eigenvalue weighted by Crippen LogP contribution is -2.29. The summed E-state index contributed by atoms with van der Waals surface area (Å²) < 4.78 is 1.97. The first-order valence-corrected chi connectivity index (χ1v) is 9.14. The molecule has 6 heteroatoms. The molecule has 3 rings (SSSR count). The highest BCUT2D eigenvalue weighted by Gasteiger charge is 2.13. The number of aromatic nitrogens is 2. The number of amides is 1. The first-order chi connectivity index (χ1) is 13.6. The quantitative estimate of drug-likeness (QED) is 0.666. The molecule has 0 atom stereocenters. The molecule has 0 fully saturated rings. The molecule has 1 aromatic heterocycles. The van der Waals surface area contributed by atoms with Gasteiger partial charge in [-0.2, -0.15) is 10.4 Å². The first kappa shape index (κ1) is 19.2. The molecule has 142 valence electrons. The molecule has 0 saturated heterocycles. The van der Waals surface area contributed by atoms with Crippen LogP contribution in [0.3, 0.4) is 0 Å². The van der Waals surface area contributed by atoms with Gasteiger partial charge >= 0.3 is 0 Å². The number of benzene rings is 2. The molecule has 0 spiro atoms. The molecule has 1 heterocycles. The lowest BCUT2D eigenvalue weighted by molar-refractivity contribution is -0.119. The monoisotopic (exact) mass is 373 g/mol. The van der Waals surface area contributed by atoms with E-state index in [4.69, 9.17) is 5.26 Å². The molecule has 0 aliphatic heterocycles. The van der Waals surface area contributed by atoms with Crippen molar-refractivity contribution in [3.63, 3.8) is 0 Å². The van der Waals surface area contributed by atoms with Gasteiger partial charge in [-0.15, -0.1) is 0 Å². The number of hydrogen-bond donors (Lipinski definition) is 2. The zero-order valence-corrected chi connectivity index (χ0v) is 16.1. The summed E-state index contributed by atoms with van der Waals surface area (Å²) in [5, 5.41) is 19.4. The standard InChI is InChI=1S/C22H23N5O/c1-16-21(17(2)27(26-16)15-19-6-4-3-5-7-19)13-25-22(28)14-24-20-10-8-18(12-23)9-11-20/h3-11,24H,13-15H2,1-2H3,(H,25,28). The van der Waals surface area contributed by atoms with Crippen molar-refractivity contribution in [2.75, 3.05) is 11.9 Å². The smallest absolute Gasteiger partial charge is 0.239 e. The Hall–Kier alpha value is -3.59. The van der Waals surface area contributed by atoms with Crippen molar-refractivity contribution in [3.05, 3.63) is 82.7 Å². The van der Waals surface area contributed by atoms with Gasteiger partial charge in [0.2, 0.25) is 5.91 Å². The Kier molecular flexibility index (Phi) is 6.07. The molecule has 0 aliphatic rings. The maximum atomic E-state index is 12.2. The van der Waals surface area contributed by atoms with Gasteiger partial charge < -0.3 is 10.6 Å². The molecule has 2 aromatic carbocycles. The molecule has 3 aromatic rings. The number of carbonyl (C=O) groups is 1. The lowest BCUT2D eigenvalue weighted by atomic mass is 10.2. The van der Waals surface area contributed by atoms with Crippen molar-refractivity contribution in [1.29, 1.82) is 5.26 Å². The van der Waals surface area contributed by atoms with Crippen LogP contribution >= 0.6 is 0 Å². The van der Waals surface area contributed by atoms with Crippen LogP contribution in [0.4, 0.5) is 5.69 Å². The first-order valence-electron chi connectivity index (χ1n) is 9.14. The summed E-state index contributed by atoms with van der Waals surface area (Å²) in [5.41, 5.74) is 5.61. The summed E-state index contributed by atoms with van der Waals surface area (Å²) in [4.78, 5) is 12.2. The van der Waals surface area contributed by atoms with Crippen LogP contribution in [0.2, 0.25) is 0 Å². The van der Waals surface area contributed by atoms with Gasteiger partial charge in [0.1, 0.15) is 0 Å². The third-order valence-corrected chi connectivity index (χ3v) is 4.64. The van der Waals surface area contributed by atoms with E-state index < -0.39 is 0 Å². The van der Waals surface area contributed by atoms with E-state index in [2.05, 4.69) is 33.9 Å². The summed E-state index contributed by atoms with van der Waals surface area (Å²) in [6.45, 7) is 5.31. The Balaban J connectivity index is 1.55. The Morgan fingerprint density at radius 2 is 1.82 bits per heavy atom. The second-order valence-electron chi connectivity index (χ2n) is 6.61. The van der Waals surface area contributed by atoms with Crippen molar-refractivity contribution in [2.45, 2.75) is 26.9 Å². The van der Waals surface area contributed by atoms with Crippen LogP contribution in [0.1, 0.15) is 28.1 Å². The number of anilines is 1. The predicted octanol–water partition coefficient (Wildman–Crippen LogP) is 3.15. The molecule has 6 nitrogen and oxygen atoms in total. The van der Waals surface area contributed by atoms with Crippen LogP contribution in [0.15, 0.2) is 54.6 Å². The number of nitrogens with one attached hydrogen (secondary N) is 2. The number of nitriles is 1. The van der Waals surface area contributed by atoms with Gasteiger partial charge in [0.25, 0.3) is 0 Å². The molecule has 0 bridgehead atoms. The minimum Gasteiger partial charge on any atom is -0.376 e. The highest BCUT2D eigenvalue weighted by molar-refractivity contribution is 5.80. The molecular formula is C22H23N5O. The third-order valence-electron chi connectivity index (χ3n) is 4.64. The lowest BCUT2D eigenvalue weighted by Gasteiger charge is -2.09. The van der Waals surface area contributed by atoms with Crippen molar-refractivity contribution >= 4 is 11.6 Å². The van der Waals surface area contributed by atoms with Crippen molar-refractivity contribution in [1.82, 2.24) is 15.1 Å². The summed E-state index contributed by atoms with van der Waals surface area (Å²) in [7, 11) is 0. The van der Waals surface area contributed by atoms with E-state index in [1.54, 1.807) is 24.3 Å². The molecule has 0 radical (unpaired) electrons. The largest absolute Gasteiger partial charge is 0.376 e. The van der Waals surface area contributed by atoms with Crippen LogP contribution in [0.5, 0.6) is 0 Å². The summed E-state index contributed by atoms with van der Waals surface area (Å²) >= 11 is 0. The van der Waals surface area contributed by atoms with Gasteiger partial charge in [0.15, 0.2) is 0 Å². The van der Waals surface area contributed by atoms with Crippen LogP contribution in [-0.2, 0) is 17.9 Å². The molecule has 0 unspecified atom stereocenters. The van der Waals surface area contributed by atoms with E-state index in [1.165, 1.54) is 5.56 Å². The highest BCUT2D eigenvalue weighted by atomic mass is 16.1. The van der Waals surface area contributed by atoms with Gasteiger partial charge in [-0.3, -0.25) is 9.48 Å². The van der Waals surface area contributed by atoms with Crippen molar-refractivity contribution < 1.29 is 4.79 Å². The Labute approximate surface area is 164 Å². The van der Waals surface area contributed by atoms with E-state index in [1.807, 2.05) is 36.7 Å². The summed E-state index contributed by atoms with van der Waals surface area (Å²) in [6, 6.07) is 19.3. The van der Waals surface area contributed by atoms with Crippen LogP contribution in [0.25, 0.3) is 0 Å². The van der Waals surface area contributed by atoms with E-state index in [0.717, 1.165) is 22.6 Å². The molecular weight excluding hydrogens is 350 g/mol.